The van der Waals surface area contributed by atoms with Gasteiger partial charge in [0.15, 0.2) is 0 Å². The highest BCUT2D eigenvalue weighted by Gasteiger charge is 2.59. The molecule has 11 rings (SSSR count). The molecule has 6 aromatic rings. The number of pyridine rings is 2. The Morgan fingerprint density at radius 3 is 1.34 bits per heavy atom. The van der Waals surface area contributed by atoms with Crippen LogP contribution in [-0.2, 0) is 55.1 Å². The van der Waals surface area contributed by atoms with Crippen LogP contribution in [0.2, 0.25) is 0 Å². The third-order valence-electron chi connectivity index (χ3n) is 20.2. The van der Waals surface area contributed by atoms with Crippen LogP contribution in [0.3, 0.4) is 0 Å². The first-order valence-electron chi connectivity index (χ1n) is 35.0. The van der Waals surface area contributed by atoms with Crippen LogP contribution in [-0.4, -0.2) is 160 Å². The number of carbonyl (C=O) groups excluding carboxylic acids is 4. The third kappa shape index (κ3) is 19.4. The monoisotopic (exact) mass is 1490 g/mol. The average molecular weight is 1490 g/mol. The van der Waals surface area contributed by atoms with Gasteiger partial charge in [0, 0.05) is 132 Å². The molecule has 2 aromatic carbocycles. The first kappa shape index (κ1) is 85.6. The fourth-order valence-corrected chi connectivity index (χ4v) is 16.3. The van der Waals surface area contributed by atoms with Crippen molar-refractivity contribution >= 4 is 60.7 Å². The number of carbonyl (C=O) groups is 5. The summed E-state index contributed by atoms with van der Waals surface area (Å²) in [5.41, 5.74) is -4.79. The second kappa shape index (κ2) is 37.7. The number of hydrogen-bond acceptors (Lipinski definition) is 15. The number of aliphatic carboxylic acids is 1. The van der Waals surface area contributed by atoms with Crippen molar-refractivity contribution in [3.05, 3.63) is 163 Å². The zero-order chi connectivity index (χ0) is 73.5. The minimum absolute atomic E-state index is 0. The lowest BCUT2D eigenvalue weighted by Gasteiger charge is -2.51. The summed E-state index contributed by atoms with van der Waals surface area (Å²) < 4.78 is 102. The van der Waals surface area contributed by atoms with Gasteiger partial charge in [-0.15, -0.1) is 22.7 Å². The summed E-state index contributed by atoms with van der Waals surface area (Å²) >= 11 is 2.89. The summed E-state index contributed by atoms with van der Waals surface area (Å²) in [6.45, 7) is 10.9. The predicted octanol–water partition coefficient (Wildman–Crippen LogP) is 15.2. The summed E-state index contributed by atoms with van der Waals surface area (Å²) in [4.78, 5) is 84.9. The van der Waals surface area contributed by atoms with Crippen LogP contribution in [0.15, 0.2) is 108 Å². The topological polar surface area (TPSA) is 240 Å². The molecule has 18 nitrogen and oxygen atoms in total. The quantitative estimate of drug-likeness (QED) is 0.0534. The molecule has 105 heavy (non-hydrogen) atoms. The molecule has 3 radical (unpaired) electrons. The van der Waals surface area contributed by atoms with Crippen molar-refractivity contribution < 1.29 is 74.7 Å². The molecule has 565 valence electrons. The lowest BCUT2D eigenvalue weighted by atomic mass is 9.71. The van der Waals surface area contributed by atoms with Gasteiger partial charge in [0.1, 0.15) is 11.5 Å². The minimum atomic E-state index is -4.78. The van der Waals surface area contributed by atoms with E-state index in [9.17, 15) is 71.1 Å². The lowest BCUT2D eigenvalue weighted by Crippen LogP contribution is -2.68. The van der Waals surface area contributed by atoms with E-state index in [-0.39, 0.29) is 107 Å². The minimum Gasteiger partial charge on any atom is -0.481 e. The molecule has 5 aliphatic rings. The number of benzene rings is 2. The van der Waals surface area contributed by atoms with Crippen molar-refractivity contribution in [2.45, 2.75) is 205 Å². The lowest BCUT2D eigenvalue weighted by molar-refractivity contribution is -0.161. The third-order valence-corrected chi connectivity index (χ3v) is 21.8. The number of aliphatic hydroxyl groups is 1. The Labute approximate surface area is 622 Å². The number of aliphatic hydroxyl groups excluding tert-OH is 1. The largest absolute Gasteiger partial charge is 0.481 e. The molecule has 4 aromatic heterocycles. The van der Waals surface area contributed by atoms with Crippen LogP contribution >= 0.6 is 22.7 Å². The molecule has 5 saturated heterocycles. The van der Waals surface area contributed by atoms with Gasteiger partial charge in [-0.05, 0) is 144 Å². The SMILES string of the molecule is C.C.C1CCOC1.CCC[C@H]1N(C(=O)c2cnccc2C(F)(F)F)CCC[C@@]1(Oc1csc(C)c1)C(=O)N1CCC(C#N)(c2ccccc2CCC(=O)O)CC1.CCC[C@H]1N(C(=O)c2cnccc2C(F)(F)F)CCC[C@@]1(Oc1csc(C)c1)C(=O)N1CCC(C#N)(c2ccccc2CCCO)CC1.[B]. The highest BCUT2D eigenvalue weighted by Crippen LogP contribution is 2.46. The molecule has 2 N–H and O–H groups in total. The van der Waals surface area contributed by atoms with Crippen LogP contribution in [0.1, 0.15) is 195 Å². The predicted molar refractivity (Wildman–Crippen MR) is 391 cm³/mol. The van der Waals surface area contributed by atoms with Crippen molar-refractivity contribution in [2.75, 3.05) is 59.1 Å². The first-order chi connectivity index (χ1) is 48.8. The molecule has 4 atom stereocenters. The van der Waals surface area contributed by atoms with E-state index in [4.69, 9.17) is 14.2 Å². The molecule has 5 fully saturated rings. The van der Waals surface area contributed by atoms with Crippen molar-refractivity contribution in [3.8, 4) is 23.6 Å². The molecular weight excluding hydrogens is 1400 g/mol. The smallest absolute Gasteiger partial charge is 0.417 e. The Hall–Kier alpha value is -8.37. The van der Waals surface area contributed by atoms with Crippen molar-refractivity contribution in [1.29, 1.82) is 10.5 Å². The zero-order valence-corrected chi connectivity index (χ0v) is 60.2. The van der Waals surface area contributed by atoms with Crippen LogP contribution in [0.5, 0.6) is 11.5 Å². The number of carboxylic acid groups (broad SMARTS) is 1. The van der Waals surface area contributed by atoms with E-state index in [1.54, 1.807) is 26.6 Å². The normalized spacial score (nSPS) is 20.5. The molecule has 0 saturated carbocycles. The summed E-state index contributed by atoms with van der Waals surface area (Å²) in [6.07, 6.45) is 2.50. The molecule has 0 aliphatic carbocycles. The van der Waals surface area contributed by atoms with E-state index in [0.29, 0.717) is 88.5 Å². The number of amides is 4. The number of nitriles is 2. The highest BCUT2D eigenvalue weighted by molar-refractivity contribution is 7.10. The Morgan fingerprint density at radius 1 is 0.610 bits per heavy atom. The van der Waals surface area contributed by atoms with E-state index in [1.807, 2.05) is 82.3 Å². The number of thiophene rings is 2. The maximum atomic E-state index is 14.9. The van der Waals surface area contributed by atoms with Gasteiger partial charge in [0.05, 0.1) is 57.3 Å². The molecule has 0 spiro atoms. The maximum absolute atomic E-state index is 14.9. The number of carboxylic acids is 1. The first-order valence-corrected chi connectivity index (χ1v) is 36.7. The number of ether oxygens (including phenoxy) is 3. The highest BCUT2D eigenvalue weighted by atomic mass is 32.1. The van der Waals surface area contributed by atoms with Gasteiger partial charge in [-0.2, -0.15) is 36.9 Å². The summed E-state index contributed by atoms with van der Waals surface area (Å²) in [5.74, 6) is -2.42. The molecule has 5 aliphatic heterocycles. The van der Waals surface area contributed by atoms with Gasteiger partial charge in [-0.25, -0.2) is 0 Å². The van der Waals surface area contributed by atoms with Gasteiger partial charge in [-0.1, -0.05) is 90.1 Å². The van der Waals surface area contributed by atoms with Gasteiger partial charge >= 0.3 is 18.3 Å². The van der Waals surface area contributed by atoms with Crippen LogP contribution in [0.25, 0.3) is 0 Å². The van der Waals surface area contributed by atoms with Crippen LogP contribution < -0.4 is 9.47 Å². The number of piperidine rings is 4. The number of halogens is 6. The molecule has 0 unspecified atom stereocenters. The molecule has 0 bridgehead atoms. The standard InChI is InChI=1S/C36H39F3N4O5S.C36H41F3N4O4S.C4H8O.2CH4.B/c1-3-7-30-35(48-26-20-24(2)49-22-26,13-6-17-43(30)32(46)27-21-41-16-12-29(27)36(37,38)39)33(47)42-18-14-34(23-40,15-19-42)28-9-5-4-8-25(28)10-11-31(44)45;1-3-8-31-35(47-27-21-25(2)48-23-27,13-7-17-43(31)32(45)28-22-41-16-12-30(28)36(37,38)39)33(46)42-18-14-34(24-40,15-19-42)29-11-5-4-9-26(29)10-6-20-44;1-2-4-5-3-1;;;/h4-5,8-9,12,16,20-22,30H,3,6-7,10-11,13-15,17-19H2,1-2H3,(H,44,45);4-5,9,11-12,16,21-23,31,44H,3,6-8,10,13-15,17-20H2,1-2H3;1-4H2;2*1H4;/t30-,35+;31-,35+;;;;/m11..../s1. The molecular formula is C78H96BF6N8O10S2. The van der Waals surface area contributed by atoms with E-state index in [1.165, 1.54) is 45.3 Å². The zero-order valence-electron chi connectivity index (χ0n) is 58.5. The Bertz CT molecular complexity index is 3960. The Kier molecular flexibility index (Phi) is 30.8. The van der Waals surface area contributed by atoms with E-state index < -0.39 is 86.5 Å². The fourth-order valence-electron chi connectivity index (χ4n) is 15.1. The number of nitrogens with zero attached hydrogens (tertiary/aromatic N) is 8. The molecule has 27 heteroatoms. The fraction of sp³-hybridized carbons (Fsp3) is 0.526. The number of aromatic nitrogens is 2. The number of aryl methyl sites for hydroxylation is 4. The van der Waals surface area contributed by atoms with Gasteiger partial charge in [-0.3, -0.25) is 33.9 Å². The summed E-state index contributed by atoms with van der Waals surface area (Å²) in [6, 6.07) is 23.5. The molecule has 4 amide bonds. The Balaban J connectivity index is 0.000000300. The van der Waals surface area contributed by atoms with E-state index in [2.05, 4.69) is 22.1 Å². The van der Waals surface area contributed by atoms with Crippen molar-refractivity contribution in [3.63, 3.8) is 0 Å². The van der Waals surface area contributed by atoms with Gasteiger partial charge in [0.25, 0.3) is 23.6 Å². The summed E-state index contributed by atoms with van der Waals surface area (Å²) in [5, 5.41) is 43.3. The number of rotatable bonds is 20. The van der Waals surface area contributed by atoms with Gasteiger partial charge in [0.2, 0.25) is 11.2 Å². The average Bonchev–Trinajstić information content (AvgIpc) is 1.73. The Morgan fingerprint density at radius 2 is 1.01 bits per heavy atom. The number of likely N-dealkylation sites (tertiary alicyclic amines) is 4. The van der Waals surface area contributed by atoms with Crippen molar-refractivity contribution in [2.24, 2.45) is 0 Å². The second-order valence-corrected chi connectivity index (χ2v) is 29.0. The van der Waals surface area contributed by atoms with Gasteiger partial charge < -0.3 is 44.0 Å². The number of alkyl halides is 6. The van der Waals surface area contributed by atoms with E-state index >= 15 is 0 Å². The molecule has 9 heterocycles. The van der Waals surface area contributed by atoms with E-state index in [0.717, 1.165) is 82.1 Å². The second-order valence-electron chi connectivity index (χ2n) is 26.7. The van der Waals surface area contributed by atoms with Crippen LogP contribution in [0.4, 0.5) is 26.3 Å². The van der Waals surface area contributed by atoms with Crippen LogP contribution in [0, 0.1) is 36.5 Å². The number of hydrogen-bond donors (Lipinski definition) is 2. The maximum Gasteiger partial charge on any atom is 0.417 e. The van der Waals surface area contributed by atoms with Crippen molar-refractivity contribution in [1.82, 2.24) is 29.6 Å². The summed E-state index contributed by atoms with van der Waals surface area (Å²) in [7, 11) is 0.